The summed E-state index contributed by atoms with van der Waals surface area (Å²) in [5.41, 5.74) is 2.38. The SMILES string of the molecule is CC(C(=O)Nc1ccc(N2CCOCC2)cc1)N(C)CC(=O)Nc1ccccc1Cl. The van der Waals surface area contributed by atoms with Gasteiger partial charge >= 0.3 is 0 Å². The van der Waals surface area contributed by atoms with Gasteiger partial charge in [-0.05, 0) is 50.4 Å². The number of halogens is 1. The van der Waals surface area contributed by atoms with Crippen LogP contribution in [0.15, 0.2) is 48.5 Å². The van der Waals surface area contributed by atoms with E-state index in [4.69, 9.17) is 16.3 Å². The first-order chi connectivity index (χ1) is 14.4. The van der Waals surface area contributed by atoms with Crippen molar-refractivity contribution in [3.05, 3.63) is 53.6 Å². The topological polar surface area (TPSA) is 73.9 Å². The van der Waals surface area contributed by atoms with Gasteiger partial charge in [0.05, 0.1) is 36.5 Å². The van der Waals surface area contributed by atoms with E-state index in [9.17, 15) is 9.59 Å². The Balaban J connectivity index is 1.50. The second-order valence-corrected chi connectivity index (χ2v) is 7.66. The van der Waals surface area contributed by atoms with Crippen LogP contribution in [-0.2, 0) is 14.3 Å². The maximum absolute atomic E-state index is 12.6. The average Bonchev–Trinajstić information content (AvgIpc) is 2.76. The fraction of sp³-hybridized carbons (Fsp3) is 0.364. The number of rotatable bonds is 7. The van der Waals surface area contributed by atoms with Crippen LogP contribution < -0.4 is 15.5 Å². The average molecular weight is 431 g/mol. The predicted molar refractivity (Wildman–Crippen MR) is 120 cm³/mol. The number of carbonyl (C=O) groups is 2. The molecule has 1 fully saturated rings. The van der Waals surface area contributed by atoms with E-state index < -0.39 is 6.04 Å². The minimum atomic E-state index is -0.485. The van der Waals surface area contributed by atoms with Crippen molar-refractivity contribution in [2.24, 2.45) is 0 Å². The van der Waals surface area contributed by atoms with Crippen LogP contribution in [0.2, 0.25) is 5.02 Å². The zero-order valence-electron chi connectivity index (χ0n) is 17.2. The number of nitrogens with one attached hydrogen (secondary N) is 2. The summed E-state index contributed by atoms with van der Waals surface area (Å²) in [6.45, 7) is 5.02. The highest BCUT2D eigenvalue weighted by Crippen LogP contribution is 2.21. The Kier molecular flexibility index (Phi) is 7.68. The van der Waals surface area contributed by atoms with Crippen LogP contribution in [0, 0.1) is 0 Å². The Bertz CT molecular complexity index is 869. The number of nitrogens with zero attached hydrogens (tertiary/aromatic N) is 2. The standard InChI is InChI=1S/C22H27ClN4O3/c1-16(26(2)15-21(28)25-20-6-4-3-5-19(20)23)22(29)24-17-7-9-18(10-8-17)27-11-13-30-14-12-27/h3-10,16H,11-15H2,1-2H3,(H,24,29)(H,25,28). The summed E-state index contributed by atoms with van der Waals surface area (Å²) >= 11 is 6.07. The highest BCUT2D eigenvalue weighted by Gasteiger charge is 2.21. The summed E-state index contributed by atoms with van der Waals surface area (Å²) in [5, 5.41) is 6.14. The smallest absolute Gasteiger partial charge is 0.241 e. The van der Waals surface area contributed by atoms with Crippen molar-refractivity contribution in [3.63, 3.8) is 0 Å². The highest BCUT2D eigenvalue weighted by molar-refractivity contribution is 6.33. The number of amides is 2. The van der Waals surface area contributed by atoms with Gasteiger partial charge in [-0.3, -0.25) is 14.5 Å². The molecule has 1 aliphatic heterocycles. The van der Waals surface area contributed by atoms with Gasteiger partial charge in [-0.2, -0.15) is 0 Å². The van der Waals surface area contributed by atoms with Gasteiger partial charge in [0.1, 0.15) is 0 Å². The Morgan fingerprint density at radius 3 is 2.43 bits per heavy atom. The molecule has 1 unspecified atom stereocenters. The molecule has 2 aromatic carbocycles. The first-order valence-electron chi connectivity index (χ1n) is 9.92. The summed E-state index contributed by atoms with van der Waals surface area (Å²) in [5.74, 6) is -0.415. The van der Waals surface area contributed by atoms with Gasteiger partial charge in [-0.1, -0.05) is 23.7 Å². The van der Waals surface area contributed by atoms with Crippen LogP contribution >= 0.6 is 11.6 Å². The zero-order valence-corrected chi connectivity index (χ0v) is 18.0. The lowest BCUT2D eigenvalue weighted by molar-refractivity contribution is -0.122. The number of benzene rings is 2. The van der Waals surface area contributed by atoms with Crippen molar-refractivity contribution in [3.8, 4) is 0 Å². The van der Waals surface area contributed by atoms with Gasteiger partial charge < -0.3 is 20.3 Å². The number of hydrogen-bond acceptors (Lipinski definition) is 5. The molecule has 2 amide bonds. The number of anilines is 3. The summed E-state index contributed by atoms with van der Waals surface area (Å²) < 4.78 is 5.37. The quantitative estimate of drug-likeness (QED) is 0.706. The molecule has 30 heavy (non-hydrogen) atoms. The van der Waals surface area contributed by atoms with Crippen LogP contribution in [0.25, 0.3) is 0 Å². The molecule has 1 atom stereocenters. The van der Waals surface area contributed by atoms with Crippen molar-refractivity contribution in [1.82, 2.24) is 4.90 Å². The maximum atomic E-state index is 12.6. The second kappa shape index (κ2) is 10.4. The minimum Gasteiger partial charge on any atom is -0.378 e. The molecule has 1 heterocycles. The van der Waals surface area contributed by atoms with Crippen LogP contribution in [0.3, 0.4) is 0 Å². The van der Waals surface area contributed by atoms with Crippen molar-refractivity contribution in [2.45, 2.75) is 13.0 Å². The van der Waals surface area contributed by atoms with Gasteiger partial charge in [-0.25, -0.2) is 0 Å². The zero-order chi connectivity index (χ0) is 21.5. The molecule has 0 aliphatic carbocycles. The van der Waals surface area contributed by atoms with E-state index in [-0.39, 0.29) is 18.4 Å². The van der Waals surface area contributed by atoms with Crippen LogP contribution in [0.4, 0.5) is 17.1 Å². The summed E-state index contributed by atoms with van der Waals surface area (Å²) in [7, 11) is 1.73. The fourth-order valence-corrected chi connectivity index (χ4v) is 3.32. The molecular formula is C22H27ClN4O3. The van der Waals surface area contributed by atoms with Crippen LogP contribution in [0.5, 0.6) is 0 Å². The van der Waals surface area contributed by atoms with Crippen molar-refractivity contribution < 1.29 is 14.3 Å². The number of ether oxygens (including phenoxy) is 1. The molecule has 8 heteroatoms. The lowest BCUT2D eigenvalue weighted by atomic mass is 10.2. The molecule has 0 spiro atoms. The van der Waals surface area contributed by atoms with Gasteiger partial charge in [0.25, 0.3) is 0 Å². The Morgan fingerprint density at radius 2 is 1.77 bits per heavy atom. The summed E-state index contributed by atoms with van der Waals surface area (Å²) in [6, 6.07) is 14.3. The normalized spacial score (nSPS) is 15.0. The van der Waals surface area contributed by atoms with E-state index in [0.29, 0.717) is 10.7 Å². The van der Waals surface area contributed by atoms with Gasteiger partial charge in [0.15, 0.2) is 0 Å². The number of likely N-dealkylation sites (N-methyl/N-ethyl adjacent to an activating group) is 1. The molecule has 3 rings (SSSR count). The predicted octanol–water partition coefficient (Wildman–Crippen LogP) is 3.07. The number of morpholine rings is 1. The maximum Gasteiger partial charge on any atom is 0.241 e. The minimum absolute atomic E-state index is 0.0653. The molecule has 1 aliphatic rings. The van der Waals surface area contributed by atoms with Gasteiger partial charge in [0.2, 0.25) is 11.8 Å². The van der Waals surface area contributed by atoms with E-state index >= 15 is 0 Å². The molecule has 2 N–H and O–H groups in total. The van der Waals surface area contributed by atoms with E-state index in [2.05, 4.69) is 15.5 Å². The van der Waals surface area contributed by atoms with Crippen molar-refractivity contribution in [1.29, 1.82) is 0 Å². The van der Waals surface area contributed by atoms with E-state index in [0.717, 1.165) is 37.7 Å². The molecule has 160 valence electrons. The van der Waals surface area contributed by atoms with Crippen LogP contribution in [0.1, 0.15) is 6.92 Å². The Hall–Kier alpha value is -2.61. The van der Waals surface area contributed by atoms with Crippen molar-refractivity contribution in [2.75, 3.05) is 55.4 Å². The monoisotopic (exact) mass is 430 g/mol. The number of hydrogen-bond donors (Lipinski definition) is 2. The third-order valence-corrected chi connectivity index (χ3v) is 5.42. The largest absolute Gasteiger partial charge is 0.378 e. The molecule has 0 bridgehead atoms. The molecule has 7 nitrogen and oxygen atoms in total. The Labute approximate surface area is 181 Å². The molecule has 0 radical (unpaired) electrons. The molecule has 0 saturated carbocycles. The van der Waals surface area contributed by atoms with Gasteiger partial charge in [-0.15, -0.1) is 0 Å². The number of carbonyl (C=O) groups excluding carboxylic acids is 2. The Morgan fingerprint density at radius 1 is 1.10 bits per heavy atom. The summed E-state index contributed by atoms with van der Waals surface area (Å²) in [4.78, 5) is 28.8. The lowest BCUT2D eigenvalue weighted by Crippen LogP contribution is -2.43. The lowest BCUT2D eigenvalue weighted by Gasteiger charge is -2.29. The third kappa shape index (κ3) is 5.95. The highest BCUT2D eigenvalue weighted by atomic mass is 35.5. The first-order valence-corrected chi connectivity index (χ1v) is 10.3. The van der Waals surface area contributed by atoms with E-state index in [1.54, 1.807) is 43.1 Å². The fourth-order valence-electron chi connectivity index (χ4n) is 3.14. The first kappa shape index (κ1) is 22.1. The van der Waals surface area contributed by atoms with E-state index in [1.807, 2.05) is 24.3 Å². The third-order valence-electron chi connectivity index (χ3n) is 5.09. The van der Waals surface area contributed by atoms with Crippen molar-refractivity contribution >= 4 is 40.5 Å². The molecule has 0 aromatic heterocycles. The summed E-state index contributed by atoms with van der Waals surface area (Å²) in [6.07, 6.45) is 0. The molecular weight excluding hydrogens is 404 g/mol. The second-order valence-electron chi connectivity index (χ2n) is 7.25. The van der Waals surface area contributed by atoms with E-state index in [1.165, 1.54) is 0 Å². The number of para-hydroxylation sites is 1. The molecule has 1 saturated heterocycles. The van der Waals surface area contributed by atoms with Crippen LogP contribution in [-0.4, -0.2) is 62.7 Å². The van der Waals surface area contributed by atoms with Gasteiger partial charge in [0, 0.05) is 24.5 Å². The molecule has 2 aromatic rings.